The van der Waals surface area contributed by atoms with E-state index >= 15 is 0 Å². The van der Waals surface area contributed by atoms with Crippen LogP contribution in [0.3, 0.4) is 0 Å². The molecule has 2 aromatic rings. The average molecular weight is 491 g/mol. The van der Waals surface area contributed by atoms with E-state index in [-0.39, 0.29) is 5.69 Å². The summed E-state index contributed by atoms with van der Waals surface area (Å²) in [5, 5.41) is 0.508. The minimum atomic E-state index is -4.63. The van der Waals surface area contributed by atoms with Gasteiger partial charge in [-0.05, 0) is 69.0 Å². The second-order valence-corrected chi connectivity index (χ2v) is 9.27. The summed E-state index contributed by atoms with van der Waals surface area (Å²) < 4.78 is 47.5. The normalized spacial score (nSPS) is 17.1. The summed E-state index contributed by atoms with van der Waals surface area (Å²) in [6.07, 6.45) is -4.59. The molecule has 1 atom stereocenters. The summed E-state index contributed by atoms with van der Waals surface area (Å²) in [6.45, 7) is 5.04. The number of amides is 1. The number of anilines is 1. The molecule has 0 bridgehead atoms. The van der Waals surface area contributed by atoms with Crippen LogP contribution >= 0.6 is 27.5 Å². The summed E-state index contributed by atoms with van der Waals surface area (Å²) in [6, 6.07) is 8.79. The van der Waals surface area contributed by atoms with Crippen molar-refractivity contribution in [3.05, 3.63) is 62.6 Å². The average Bonchev–Trinajstić information content (AvgIpc) is 2.58. The summed E-state index contributed by atoms with van der Waals surface area (Å²) in [7, 11) is 0. The van der Waals surface area contributed by atoms with Gasteiger partial charge in [0.1, 0.15) is 5.60 Å². The van der Waals surface area contributed by atoms with Crippen LogP contribution in [0.4, 0.5) is 23.7 Å². The van der Waals surface area contributed by atoms with Crippen LogP contribution in [0, 0.1) is 0 Å². The number of halogens is 5. The molecular formula is C21H20BrClF3NO2. The first-order valence-electron chi connectivity index (χ1n) is 9.04. The molecule has 0 aromatic heterocycles. The number of alkyl halides is 3. The first-order valence-corrected chi connectivity index (χ1v) is 10.2. The van der Waals surface area contributed by atoms with E-state index in [2.05, 4.69) is 15.9 Å². The van der Waals surface area contributed by atoms with Gasteiger partial charge in [0.15, 0.2) is 0 Å². The van der Waals surface area contributed by atoms with Gasteiger partial charge in [0, 0.05) is 9.50 Å². The van der Waals surface area contributed by atoms with E-state index in [0.29, 0.717) is 33.5 Å². The Morgan fingerprint density at radius 3 is 2.34 bits per heavy atom. The lowest BCUT2D eigenvalue weighted by Gasteiger charge is -2.39. The van der Waals surface area contributed by atoms with Gasteiger partial charge in [0.05, 0.1) is 17.3 Å². The highest BCUT2D eigenvalue weighted by molar-refractivity contribution is 9.10. The molecule has 1 aliphatic rings. The third kappa shape index (κ3) is 4.89. The molecule has 2 aromatic carbocycles. The molecule has 0 saturated heterocycles. The predicted octanol–water partition coefficient (Wildman–Crippen LogP) is 7.55. The number of hydrogen-bond acceptors (Lipinski definition) is 2. The molecule has 156 valence electrons. The first-order chi connectivity index (χ1) is 13.4. The fourth-order valence-corrected chi connectivity index (χ4v) is 4.09. The Labute approximate surface area is 180 Å². The molecule has 0 radical (unpaired) electrons. The van der Waals surface area contributed by atoms with E-state index < -0.39 is 29.5 Å². The van der Waals surface area contributed by atoms with Crippen LogP contribution in [-0.2, 0) is 17.3 Å². The van der Waals surface area contributed by atoms with Gasteiger partial charge in [-0.3, -0.25) is 4.90 Å². The molecule has 0 N–H and O–H groups in total. The predicted molar refractivity (Wildman–Crippen MR) is 110 cm³/mol. The summed E-state index contributed by atoms with van der Waals surface area (Å²) in [5.74, 6) is 0. The Balaban J connectivity index is 2.20. The van der Waals surface area contributed by atoms with Crippen molar-refractivity contribution in [2.75, 3.05) is 4.90 Å². The monoisotopic (exact) mass is 489 g/mol. The molecule has 0 spiro atoms. The molecule has 0 saturated carbocycles. The molecule has 8 heteroatoms. The minimum Gasteiger partial charge on any atom is -0.443 e. The maximum absolute atomic E-state index is 13.9. The number of carbonyl (C=O) groups excluding carboxylic acids is 1. The number of rotatable bonds is 1. The Hall–Kier alpha value is -1.73. The van der Waals surface area contributed by atoms with Crippen molar-refractivity contribution >= 4 is 39.3 Å². The third-order valence-corrected chi connectivity index (χ3v) is 5.25. The molecule has 3 rings (SSSR count). The fraction of sp³-hybridized carbons (Fsp3) is 0.381. The van der Waals surface area contributed by atoms with Gasteiger partial charge in [-0.2, -0.15) is 13.2 Å². The van der Waals surface area contributed by atoms with Crippen molar-refractivity contribution in [2.24, 2.45) is 0 Å². The summed E-state index contributed by atoms with van der Waals surface area (Å²) in [5.41, 5.74) is -0.732. The quantitative estimate of drug-likeness (QED) is 0.413. The summed E-state index contributed by atoms with van der Waals surface area (Å²) in [4.78, 5) is 14.2. The molecule has 1 unspecified atom stereocenters. The van der Waals surface area contributed by atoms with Crippen LogP contribution in [0.1, 0.15) is 49.9 Å². The van der Waals surface area contributed by atoms with E-state index in [1.807, 2.05) is 0 Å². The van der Waals surface area contributed by atoms with E-state index in [4.69, 9.17) is 16.3 Å². The van der Waals surface area contributed by atoms with Gasteiger partial charge in [-0.15, -0.1) is 0 Å². The molecule has 1 aliphatic heterocycles. The molecule has 0 fully saturated rings. The largest absolute Gasteiger partial charge is 0.443 e. The molecule has 1 amide bonds. The van der Waals surface area contributed by atoms with E-state index in [1.165, 1.54) is 0 Å². The van der Waals surface area contributed by atoms with Crippen molar-refractivity contribution < 1.29 is 22.7 Å². The molecule has 0 aliphatic carbocycles. The number of nitrogens with zero attached hydrogens (tertiary/aromatic N) is 1. The van der Waals surface area contributed by atoms with Gasteiger partial charge in [0.25, 0.3) is 0 Å². The lowest BCUT2D eigenvalue weighted by molar-refractivity contribution is -0.137. The molecule has 3 nitrogen and oxygen atoms in total. The van der Waals surface area contributed by atoms with Crippen molar-refractivity contribution in [3.8, 4) is 0 Å². The van der Waals surface area contributed by atoms with Crippen LogP contribution < -0.4 is 4.90 Å². The second kappa shape index (κ2) is 7.84. The maximum atomic E-state index is 13.9. The van der Waals surface area contributed by atoms with Gasteiger partial charge in [0.2, 0.25) is 0 Å². The van der Waals surface area contributed by atoms with Gasteiger partial charge >= 0.3 is 12.3 Å². The highest BCUT2D eigenvalue weighted by atomic mass is 79.9. The fourth-order valence-electron chi connectivity index (χ4n) is 3.45. The number of hydrogen-bond donors (Lipinski definition) is 0. The topological polar surface area (TPSA) is 29.5 Å². The van der Waals surface area contributed by atoms with Crippen LogP contribution in [0.2, 0.25) is 5.02 Å². The van der Waals surface area contributed by atoms with E-state index in [9.17, 15) is 18.0 Å². The number of fused-ring (bicyclic) bond motifs is 1. The second-order valence-electron chi connectivity index (χ2n) is 7.92. The van der Waals surface area contributed by atoms with Crippen LogP contribution in [0.15, 0.2) is 40.9 Å². The lowest BCUT2D eigenvalue weighted by atomic mass is 9.89. The minimum absolute atomic E-state index is 0.152. The van der Waals surface area contributed by atoms with Gasteiger partial charge < -0.3 is 4.74 Å². The Bertz CT molecular complexity index is 923. The zero-order valence-electron chi connectivity index (χ0n) is 16.1. The zero-order chi connectivity index (χ0) is 21.6. The van der Waals surface area contributed by atoms with Crippen LogP contribution in [0.25, 0.3) is 0 Å². The number of ether oxygens (including phenoxy) is 1. The summed E-state index contributed by atoms with van der Waals surface area (Å²) >= 11 is 9.12. The smallest absolute Gasteiger partial charge is 0.418 e. The Kier molecular flexibility index (Phi) is 5.94. The first kappa shape index (κ1) is 22.0. The van der Waals surface area contributed by atoms with E-state index in [0.717, 1.165) is 11.0 Å². The van der Waals surface area contributed by atoms with Gasteiger partial charge in [-0.1, -0.05) is 39.7 Å². The van der Waals surface area contributed by atoms with Crippen molar-refractivity contribution in [1.29, 1.82) is 0 Å². The number of carbonyl (C=O) groups is 1. The van der Waals surface area contributed by atoms with Crippen molar-refractivity contribution in [3.63, 3.8) is 0 Å². The van der Waals surface area contributed by atoms with Crippen molar-refractivity contribution in [1.82, 2.24) is 0 Å². The van der Waals surface area contributed by atoms with Crippen LogP contribution in [-0.4, -0.2) is 11.7 Å². The Morgan fingerprint density at radius 1 is 1.17 bits per heavy atom. The van der Waals surface area contributed by atoms with E-state index in [1.54, 1.807) is 51.1 Å². The third-order valence-electron chi connectivity index (χ3n) is 4.54. The standard InChI is InChI=1S/C21H20BrClF3NO2/c1-20(2,3)29-19(28)27-17(12-4-7-15(23)8-5-12)9-6-13-10-14(22)11-16(18(13)27)21(24,25)26/h4-5,7-8,10-11,17H,6,9H2,1-3H3. The van der Waals surface area contributed by atoms with Gasteiger partial charge in [-0.25, -0.2) is 4.79 Å². The molecule has 29 heavy (non-hydrogen) atoms. The highest BCUT2D eigenvalue weighted by Crippen LogP contribution is 2.47. The lowest BCUT2D eigenvalue weighted by Crippen LogP contribution is -2.43. The number of aryl methyl sites for hydroxylation is 1. The number of benzene rings is 2. The zero-order valence-corrected chi connectivity index (χ0v) is 18.5. The Morgan fingerprint density at radius 2 is 1.79 bits per heavy atom. The maximum Gasteiger partial charge on any atom is 0.418 e. The van der Waals surface area contributed by atoms with Crippen molar-refractivity contribution in [2.45, 2.75) is 51.4 Å². The highest BCUT2D eigenvalue weighted by Gasteiger charge is 2.43. The SMILES string of the molecule is CC(C)(C)OC(=O)N1c2c(cc(Br)cc2C(F)(F)F)CCC1c1ccc(Cl)cc1. The molecular weight excluding hydrogens is 471 g/mol. The van der Waals surface area contributed by atoms with Crippen LogP contribution in [0.5, 0.6) is 0 Å². The molecule has 1 heterocycles.